The number of ether oxygens (including phenoxy) is 2. The van der Waals surface area contributed by atoms with Gasteiger partial charge in [-0.1, -0.05) is 35.3 Å². The third-order valence-corrected chi connectivity index (χ3v) is 7.74. The van der Waals surface area contributed by atoms with E-state index in [-0.39, 0.29) is 17.5 Å². The highest BCUT2D eigenvalue weighted by atomic mass is 35.5. The molecule has 1 amide bonds. The van der Waals surface area contributed by atoms with Crippen LogP contribution in [0.1, 0.15) is 22.5 Å². The smallest absolute Gasteiger partial charge is 0.264 e. The van der Waals surface area contributed by atoms with E-state index < -0.39 is 15.9 Å². The van der Waals surface area contributed by atoms with E-state index in [0.717, 1.165) is 0 Å². The summed E-state index contributed by atoms with van der Waals surface area (Å²) in [6.07, 6.45) is 2.96. The van der Waals surface area contributed by atoms with E-state index >= 15 is 0 Å². The van der Waals surface area contributed by atoms with E-state index in [1.165, 1.54) is 37.5 Å². The zero-order chi connectivity index (χ0) is 29.6. The van der Waals surface area contributed by atoms with Gasteiger partial charge in [0, 0.05) is 38.8 Å². The standard InChI is InChI=1S/C29H26Cl2N4O5S/c1-18-15-19(2)33-29(32-18)35-41(37,38)22-11-9-21(10-12-22)34-28(36)14-8-20-7-13-26(27(16-20)39-3)40-17-23-24(30)5-4-6-25(23)31/h4-16H,17H2,1-3H3,(H,34,36)(H,32,33,35)/b14-8+. The predicted octanol–water partition coefficient (Wildman–Crippen LogP) is 6.44. The topological polar surface area (TPSA) is 120 Å². The predicted molar refractivity (Wildman–Crippen MR) is 160 cm³/mol. The summed E-state index contributed by atoms with van der Waals surface area (Å²) < 4.78 is 39.1. The van der Waals surface area contributed by atoms with E-state index in [0.29, 0.717) is 49.7 Å². The minimum Gasteiger partial charge on any atom is -0.493 e. The molecule has 9 nitrogen and oxygen atoms in total. The summed E-state index contributed by atoms with van der Waals surface area (Å²) in [5, 5.41) is 3.70. The van der Waals surface area contributed by atoms with Crippen LogP contribution in [0.25, 0.3) is 6.08 Å². The molecular formula is C29H26Cl2N4O5S. The van der Waals surface area contributed by atoms with Gasteiger partial charge >= 0.3 is 0 Å². The molecule has 4 rings (SSSR count). The Hall–Kier alpha value is -4.12. The maximum absolute atomic E-state index is 12.7. The normalized spacial score (nSPS) is 11.3. The van der Waals surface area contributed by atoms with E-state index in [1.807, 2.05) is 0 Å². The van der Waals surface area contributed by atoms with Gasteiger partial charge in [-0.15, -0.1) is 0 Å². The van der Waals surface area contributed by atoms with Crippen molar-refractivity contribution in [3.8, 4) is 11.5 Å². The number of hydrogen-bond donors (Lipinski definition) is 2. The fraction of sp³-hybridized carbons (Fsp3) is 0.138. The molecule has 4 aromatic rings. The quantitative estimate of drug-likeness (QED) is 0.198. The average Bonchev–Trinajstić information content (AvgIpc) is 2.91. The summed E-state index contributed by atoms with van der Waals surface area (Å²) in [4.78, 5) is 20.7. The first kappa shape index (κ1) is 29.9. The van der Waals surface area contributed by atoms with Crippen molar-refractivity contribution in [2.24, 2.45) is 0 Å². The van der Waals surface area contributed by atoms with E-state index in [1.54, 1.807) is 62.4 Å². The molecule has 0 radical (unpaired) electrons. The molecule has 12 heteroatoms. The maximum Gasteiger partial charge on any atom is 0.264 e. The first-order chi connectivity index (χ1) is 19.5. The van der Waals surface area contributed by atoms with Crippen LogP contribution in [0.2, 0.25) is 10.0 Å². The zero-order valence-electron chi connectivity index (χ0n) is 22.3. The van der Waals surface area contributed by atoms with Gasteiger partial charge in [0.15, 0.2) is 11.5 Å². The monoisotopic (exact) mass is 612 g/mol. The van der Waals surface area contributed by atoms with Crippen molar-refractivity contribution in [3.05, 3.63) is 105 Å². The van der Waals surface area contributed by atoms with Crippen molar-refractivity contribution in [2.75, 3.05) is 17.1 Å². The summed E-state index contributed by atoms with van der Waals surface area (Å²) in [5.41, 5.74) is 3.06. The maximum atomic E-state index is 12.7. The molecule has 0 bridgehead atoms. The van der Waals surface area contributed by atoms with Gasteiger partial charge in [0.05, 0.1) is 12.0 Å². The second-order valence-corrected chi connectivity index (χ2v) is 11.3. The zero-order valence-corrected chi connectivity index (χ0v) is 24.6. The third-order valence-electron chi connectivity index (χ3n) is 5.69. The van der Waals surface area contributed by atoms with Gasteiger partial charge in [0.2, 0.25) is 11.9 Å². The number of aryl methyl sites for hydroxylation is 2. The van der Waals surface area contributed by atoms with Gasteiger partial charge in [-0.3, -0.25) is 4.79 Å². The lowest BCUT2D eigenvalue weighted by Gasteiger charge is -2.13. The molecule has 212 valence electrons. The lowest BCUT2D eigenvalue weighted by atomic mass is 10.2. The summed E-state index contributed by atoms with van der Waals surface area (Å²) in [5.74, 6) is 0.535. The van der Waals surface area contributed by atoms with Crippen LogP contribution < -0.4 is 19.5 Å². The number of amides is 1. The number of rotatable bonds is 10. The highest BCUT2D eigenvalue weighted by Crippen LogP contribution is 2.31. The van der Waals surface area contributed by atoms with Gasteiger partial charge < -0.3 is 14.8 Å². The van der Waals surface area contributed by atoms with Crippen LogP contribution in [0, 0.1) is 13.8 Å². The number of halogens is 2. The molecule has 0 saturated heterocycles. The van der Waals surface area contributed by atoms with Crippen LogP contribution in [0.15, 0.2) is 77.7 Å². The summed E-state index contributed by atoms with van der Waals surface area (Å²) in [6.45, 7) is 3.65. The Morgan fingerprint density at radius 1 is 0.927 bits per heavy atom. The first-order valence-corrected chi connectivity index (χ1v) is 14.5. The minimum absolute atomic E-state index is 0.0000101. The minimum atomic E-state index is -3.91. The molecule has 0 aliphatic heterocycles. The Labute approximate surface area is 248 Å². The molecule has 1 aromatic heterocycles. The first-order valence-electron chi connectivity index (χ1n) is 12.2. The van der Waals surface area contributed by atoms with Crippen molar-refractivity contribution in [2.45, 2.75) is 25.3 Å². The number of benzene rings is 3. The third kappa shape index (κ3) is 7.97. The second kappa shape index (κ2) is 13.0. The molecule has 41 heavy (non-hydrogen) atoms. The molecule has 0 spiro atoms. The van der Waals surface area contributed by atoms with Gasteiger partial charge in [-0.25, -0.2) is 23.1 Å². The van der Waals surface area contributed by atoms with Crippen LogP contribution in [-0.2, 0) is 21.4 Å². The Morgan fingerprint density at radius 2 is 1.59 bits per heavy atom. The Morgan fingerprint density at radius 3 is 2.22 bits per heavy atom. The number of sulfonamides is 1. The number of carbonyl (C=O) groups excluding carboxylic acids is 1. The van der Waals surface area contributed by atoms with Crippen molar-refractivity contribution in [3.63, 3.8) is 0 Å². The van der Waals surface area contributed by atoms with Crippen LogP contribution >= 0.6 is 23.2 Å². The summed E-state index contributed by atoms with van der Waals surface area (Å²) in [7, 11) is -2.40. The Bertz CT molecular complexity index is 1670. The lowest BCUT2D eigenvalue weighted by molar-refractivity contribution is -0.111. The fourth-order valence-electron chi connectivity index (χ4n) is 3.75. The Balaban J connectivity index is 1.37. The Kier molecular flexibility index (Phi) is 9.49. The summed E-state index contributed by atoms with van der Waals surface area (Å²) >= 11 is 12.4. The van der Waals surface area contributed by atoms with Crippen LogP contribution in [-0.4, -0.2) is 31.4 Å². The molecule has 0 atom stereocenters. The number of anilines is 2. The molecule has 1 heterocycles. The van der Waals surface area contributed by atoms with Crippen molar-refractivity contribution in [1.29, 1.82) is 0 Å². The highest BCUT2D eigenvalue weighted by molar-refractivity contribution is 7.92. The lowest BCUT2D eigenvalue weighted by Crippen LogP contribution is -2.16. The SMILES string of the molecule is COc1cc(/C=C/C(=O)Nc2ccc(S(=O)(=O)Nc3nc(C)cc(C)n3)cc2)ccc1OCc1c(Cl)cccc1Cl. The molecule has 3 aromatic carbocycles. The van der Waals surface area contributed by atoms with Crippen molar-refractivity contribution < 1.29 is 22.7 Å². The molecule has 0 aliphatic carbocycles. The van der Waals surface area contributed by atoms with Gasteiger partial charge in [0.25, 0.3) is 10.0 Å². The van der Waals surface area contributed by atoms with Crippen LogP contribution in [0.3, 0.4) is 0 Å². The average molecular weight is 614 g/mol. The number of hydrogen-bond acceptors (Lipinski definition) is 7. The van der Waals surface area contributed by atoms with Gasteiger partial charge in [-0.2, -0.15) is 0 Å². The number of nitrogens with one attached hydrogen (secondary N) is 2. The van der Waals surface area contributed by atoms with Crippen LogP contribution in [0.4, 0.5) is 11.6 Å². The number of nitrogens with zero attached hydrogens (tertiary/aromatic N) is 2. The van der Waals surface area contributed by atoms with Crippen LogP contribution in [0.5, 0.6) is 11.5 Å². The van der Waals surface area contributed by atoms with E-state index in [4.69, 9.17) is 32.7 Å². The van der Waals surface area contributed by atoms with Crippen molar-refractivity contribution in [1.82, 2.24) is 9.97 Å². The largest absolute Gasteiger partial charge is 0.493 e. The van der Waals surface area contributed by atoms with Crippen molar-refractivity contribution >= 4 is 56.8 Å². The number of methoxy groups -OCH3 is 1. The number of carbonyl (C=O) groups is 1. The molecule has 0 fully saturated rings. The molecule has 0 saturated carbocycles. The van der Waals surface area contributed by atoms with E-state index in [9.17, 15) is 13.2 Å². The van der Waals surface area contributed by atoms with Gasteiger partial charge in [-0.05, 0) is 80.1 Å². The highest BCUT2D eigenvalue weighted by Gasteiger charge is 2.16. The summed E-state index contributed by atoms with van der Waals surface area (Å²) in [6, 6.07) is 17.9. The molecular weight excluding hydrogens is 587 g/mol. The van der Waals surface area contributed by atoms with Gasteiger partial charge in [0.1, 0.15) is 6.61 Å². The van der Waals surface area contributed by atoms with E-state index in [2.05, 4.69) is 20.0 Å². The molecule has 0 unspecified atom stereocenters. The number of aromatic nitrogens is 2. The molecule has 0 aliphatic rings. The fourth-order valence-corrected chi connectivity index (χ4v) is 5.20. The second-order valence-electron chi connectivity index (χ2n) is 8.83. The molecule has 2 N–H and O–H groups in total.